The number of ketones is 1. The van der Waals surface area contributed by atoms with Crippen LogP contribution in [0.15, 0.2) is 24.3 Å². The number of nitrogens with two attached hydrogens (primary N) is 1. The molecule has 1 aromatic rings. The van der Waals surface area contributed by atoms with Crippen LogP contribution in [0.1, 0.15) is 37.7 Å². The molecule has 2 rings (SSSR count). The Morgan fingerprint density at radius 3 is 2.50 bits per heavy atom. The third-order valence-corrected chi connectivity index (χ3v) is 3.41. The summed E-state index contributed by atoms with van der Waals surface area (Å²) in [6, 6.07) is 7.80. The van der Waals surface area contributed by atoms with E-state index in [2.05, 4.69) is 0 Å². The molecular formula is C14H19NO. The van der Waals surface area contributed by atoms with Crippen molar-refractivity contribution in [1.29, 1.82) is 0 Å². The second-order valence-corrected chi connectivity index (χ2v) is 4.78. The molecule has 0 aliphatic heterocycles. The van der Waals surface area contributed by atoms with Crippen molar-refractivity contribution in [2.45, 2.75) is 38.5 Å². The van der Waals surface area contributed by atoms with Crippen molar-refractivity contribution in [1.82, 2.24) is 0 Å². The molecule has 0 heterocycles. The summed E-state index contributed by atoms with van der Waals surface area (Å²) in [4.78, 5) is 11.7. The summed E-state index contributed by atoms with van der Waals surface area (Å²) in [7, 11) is 0. The lowest BCUT2D eigenvalue weighted by Crippen LogP contribution is -2.16. The maximum Gasteiger partial charge on any atom is 0.133 e. The summed E-state index contributed by atoms with van der Waals surface area (Å²) in [6.07, 6.45) is 6.17. The maximum absolute atomic E-state index is 11.7. The first-order chi connectivity index (χ1) is 7.74. The fraction of sp³-hybridized carbons (Fsp3) is 0.500. The minimum atomic E-state index is 0.418. The Hall–Kier alpha value is -1.31. The number of carbonyl (C=O) groups is 1. The summed E-state index contributed by atoms with van der Waals surface area (Å²) in [5, 5.41) is 0. The van der Waals surface area contributed by atoms with Gasteiger partial charge in [-0.1, -0.05) is 31.4 Å². The molecule has 0 atom stereocenters. The van der Waals surface area contributed by atoms with Crippen molar-refractivity contribution in [3.05, 3.63) is 29.8 Å². The number of hydrogen-bond donors (Lipinski definition) is 1. The lowest BCUT2D eigenvalue weighted by Gasteiger charge is -2.24. The third kappa shape index (κ3) is 3.09. The summed E-state index contributed by atoms with van der Waals surface area (Å²) < 4.78 is 0. The van der Waals surface area contributed by atoms with Gasteiger partial charge in [-0.3, -0.25) is 4.79 Å². The Labute approximate surface area is 96.8 Å². The predicted molar refractivity (Wildman–Crippen MR) is 66.1 cm³/mol. The summed E-state index contributed by atoms with van der Waals surface area (Å²) in [5.41, 5.74) is 7.59. The second-order valence-electron chi connectivity index (χ2n) is 4.78. The van der Waals surface area contributed by atoms with Crippen LogP contribution >= 0.6 is 0 Å². The van der Waals surface area contributed by atoms with Crippen LogP contribution in [0, 0.1) is 5.92 Å². The fourth-order valence-electron chi connectivity index (χ4n) is 2.09. The van der Waals surface area contributed by atoms with Crippen molar-refractivity contribution in [2.24, 2.45) is 5.92 Å². The highest BCUT2D eigenvalue weighted by molar-refractivity contribution is 5.79. The van der Waals surface area contributed by atoms with E-state index >= 15 is 0 Å². The molecule has 1 aliphatic carbocycles. The first kappa shape index (κ1) is 11.2. The largest absolute Gasteiger partial charge is 0.399 e. The van der Waals surface area contributed by atoms with Crippen LogP contribution < -0.4 is 5.73 Å². The van der Waals surface area contributed by atoms with E-state index in [9.17, 15) is 4.79 Å². The second kappa shape index (κ2) is 5.15. The number of hydrogen-bond acceptors (Lipinski definition) is 2. The van der Waals surface area contributed by atoms with Gasteiger partial charge in [-0.15, -0.1) is 0 Å². The van der Waals surface area contributed by atoms with Crippen LogP contribution in [0.4, 0.5) is 5.69 Å². The lowest BCUT2D eigenvalue weighted by molar-refractivity contribution is -0.120. The van der Waals surface area contributed by atoms with Gasteiger partial charge in [0.1, 0.15) is 5.78 Å². The minimum Gasteiger partial charge on any atom is -0.399 e. The highest BCUT2D eigenvalue weighted by Crippen LogP contribution is 2.29. The monoisotopic (exact) mass is 217 g/mol. The van der Waals surface area contributed by atoms with E-state index in [-0.39, 0.29) is 0 Å². The Bertz CT molecular complexity index is 352. The van der Waals surface area contributed by atoms with E-state index in [1.807, 2.05) is 24.3 Å². The van der Waals surface area contributed by atoms with Gasteiger partial charge in [-0.05, 0) is 30.0 Å². The fourth-order valence-corrected chi connectivity index (χ4v) is 2.09. The topological polar surface area (TPSA) is 43.1 Å². The zero-order chi connectivity index (χ0) is 11.4. The molecule has 2 N–H and O–H groups in total. The molecule has 2 nitrogen and oxygen atoms in total. The van der Waals surface area contributed by atoms with Gasteiger partial charge in [-0.25, -0.2) is 0 Å². The van der Waals surface area contributed by atoms with E-state index < -0.39 is 0 Å². The molecule has 86 valence electrons. The number of rotatable bonds is 5. The molecule has 1 saturated carbocycles. The Morgan fingerprint density at radius 1 is 1.25 bits per heavy atom. The molecule has 0 bridgehead atoms. The first-order valence-electron chi connectivity index (χ1n) is 6.10. The predicted octanol–water partition coefficient (Wildman–Crippen LogP) is 2.96. The zero-order valence-corrected chi connectivity index (χ0v) is 9.61. The van der Waals surface area contributed by atoms with Gasteiger partial charge in [0.25, 0.3) is 0 Å². The Kier molecular flexibility index (Phi) is 3.60. The smallest absolute Gasteiger partial charge is 0.133 e. The van der Waals surface area contributed by atoms with Gasteiger partial charge in [-0.2, -0.15) is 0 Å². The average Bonchev–Trinajstić information content (AvgIpc) is 2.23. The van der Waals surface area contributed by atoms with E-state index in [0.29, 0.717) is 18.1 Å². The molecule has 0 radical (unpaired) electrons. The standard InChI is InChI=1S/C14H19NO/c15-13-7-4-11(5-8-13)6-9-14(16)10-12-2-1-3-12/h4-5,7-8,12H,1-3,6,9-10,15H2. The molecule has 1 aliphatic rings. The van der Waals surface area contributed by atoms with Crippen molar-refractivity contribution in [3.63, 3.8) is 0 Å². The van der Waals surface area contributed by atoms with Gasteiger partial charge in [0.15, 0.2) is 0 Å². The van der Waals surface area contributed by atoms with Gasteiger partial charge in [0.2, 0.25) is 0 Å². The summed E-state index contributed by atoms with van der Waals surface area (Å²) in [5.74, 6) is 1.11. The molecule has 0 aromatic heterocycles. The maximum atomic E-state index is 11.7. The SMILES string of the molecule is Nc1ccc(CCC(=O)CC2CCC2)cc1. The molecule has 1 aromatic carbocycles. The Balaban J connectivity index is 1.73. The number of aryl methyl sites for hydroxylation is 1. The molecule has 0 saturated heterocycles. The van der Waals surface area contributed by atoms with E-state index in [4.69, 9.17) is 5.73 Å². The lowest BCUT2D eigenvalue weighted by atomic mass is 9.81. The van der Waals surface area contributed by atoms with Gasteiger partial charge >= 0.3 is 0 Å². The van der Waals surface area contributed by atoms with Crippen molar-refractivity contribution < 1.29 is 4.79 Å². The number of nitrogen functional groups attached to an aromatic ring is 1. The number of Topliss-reactive ketones (excluding diaryl/α,β-unsaturated/α-hetero) is 1. The minimum absolute atomic E-state index is 0.418. The molecule has 16 heavy (non-hydrogen) atoms. The molecule has 2 heteroatoms. The van der Waals surface area contributed by atoms with Gasteiger partial charge < -0.3 is 5.73 Å². The number of anilines is 1. The quantitative estimate of drug-likeness (QED) is 0.770. The zero-order valence-electron chi connectivity index (χ0n) is 9.61. The van der Waals surface area contributed by atoms with E-state index in [1.54, 1.807) is 0 Å². The molecule has 0 spiro atoms. The molecule has 0 amide bonds. The number of benzene rings is 1. The molecule has 0 unspecified atom stereocenters. The van der Waals surface area contributed by atoms with E-state index in [1.165, 1.54) is 24.8 Å². The van der Waals surface area contributed by atoms with Crippen molar-refractivity contribution in [2.75, 3.05) is 5.73 Å². The number of carbonyl (C=O) groups excluding carboxylic acids is 1. The van der Waals surface area contributed by atoms with Crippen LogP contribution in [0.3, 0.4) is 0 Å². The molecule has 1 fully saturated rings. The normalized spacial score (nSPS) is 15.8. The highest BCUT2D eigenvalue weighted by Gasteiger charge is 2.20. The van der Waals surface area contributed by atoms with Crippen molar-refractivity contribution in [3.8, 4) is 0 Å². The average molecular weight is 217 g/mol. The van der Waals surface area contributed by atoms with Crippen LogP contribution in [-0.2, 0) is 11.2 Å². The molecular weight excluding hydrogens is 198 g/mol. The Morgan fingerprint density at radius 2 is 1.94 bits per heavy atom. The van der Waals surface area contributed by atoms with Crippen LogP contribution in [0.5, 0.6) is 0 Å². The van der Waals surface area contributed by atoms with Gasteiger partial charge in [0, 0.05) is 18.5 Å². The van der Waals surface area contributed by atoms with Gasteiger partial charge in [0.05, 0.1) is 0 Å². The summed E-state index contributed by atoms with van der Waals surface area (Å²) >= 11 is 0. The third-order valence-electron chi connectivity index (χ3n) is 3.41. The van der Waals surface area contributed by atoms with Crippen LogP contribution in [0.2, 0.25) is 0 Å². The van der Waals surface area contributed by atoms with Crippen LogP contribution in [0.25, 0.3) is 0 Å². The summed E-state index contributed by atoms with van der Waals surface area (Å²) in [6.45, 7) is 0. The highest BCUT2D eigenvalue weighted by atomic mass is 16.1. The van der Waals surface area contributed by atoms with Crippen LogP contribution in [-0.4, -0.2) is 5.78 Å². The van der Waals surface area contributed by atoms with Crippen molar-refractivity contribution >= 4 is 11.5 Å². The first-order valence-corrected chi connectivity index (χ1v) is 6.10. The van der Waals surface area contributed by atoms with E-state index in [0.717, 1.165) is 18.5 Å².